The Kier molecular flexibility index (Phi) is 20.2. The molecule has 0 heterocycles. The van der Waals surface area contributed by atoms with Crippen LogP contribution in [0.3, 0.4) is 0 Å². The van der Waals surface area contributed by atoms with Crippen LogP contribution in [-0.2, 0) is 0 Å². The minimum Gasteiger partial charge on any atom is -0.311 e. The van der Waals surface area contributed by atoms with Gasteiger partial charge in [-0.3, -0.25) is 0 Å². The minimum absolute atomic E-state index is 1.03. The zero-order valence-electron chi connectivity index (χ0n) is 69.5. The van der Waals surface area contributed by atoms with Gasteiger partial charge in [0.1, 0.15) is 0 Å². The van der Waals surface area contributed by atoms with E-state index in [1.165, 1.54) is 193 Å². The molecule has 124 heavy (non-hydrogen) atoms. The van der Waals surface area contributed by atoms with E-state index in [1.54, 1.807) is 0 Å². The third-order valence-electron chi connectivity index (χ3n) is 25.0. The second-order valence-corrected chi connectivity index (χ2v) is 32.7. The number of aryl methyl sites for hydroxylation is 3. The summed E-state index contributed by atoms with van der Waals surface area (Å²) in [6.45, 7) is 6.52. The maximum atomic E-state index is 2.46. The highest BCUT2D eigenvalue weighted by Gasteiger charge is 2.25. The van der Waals surface area contributed by atoms with E-state index in [0.717, 1.165) is 39.3 Å². The average Bonchev–Trinajstić information content (AvgIpc) is 0.744. The fourth-order valence-corrected chi connectivity index (χ4v) is 18.7. The summed E-state index contributed by atoms with van der Waals surface area (Å²) >= 11 is 0. The SMILES string of the molecule is Cc1ccc(-c2cc(-c3ccc(C=Cc4ccccc4)c4ccccc34)c3ccccc3c2-c2ccc(N(c3ccc(-c4cc(-c5ccc(C)cc5)c(-c5ccc(C=Cc6ccccc6)c6ccccc56)c5ccccc45)cc3)c3ccc(-c4cc(-c5ccc(C)cc5)c(-c5ccc(C=Cc6ccccc6)c6ccccc56)c5ccccc45)cc3)cc2)cc1. The summed E-state index contributed by atoms with van der Waals surface area (Å²) in [5.74, 6) is 0. The molecule has 0 radical (unpaired) electrons. The molecule has 0 saturated carbocycles. The van der Waals surface area contributed by atoms with Crippen LogP contribution < -0.4 is 4.90 Å². The van der Waals surface area contributed by atoms with Crippen molar-refractivity contribution in [3.63, 3.8) is 0 Å². The van der Waals surface area contributed by atoms with Gasteiger partial charge in [0.25, 0.3) is 0 Å². The molecule has 21 rings (SSSR count). The first kappa shape index (κ1) is 75.7. The van der Waals surface area contributed by atoms with E-state index in [0.29, 0.717) is 0 Å². The zero-order valence-corrected chi connectivity index (χ0v) is 69.5. The summed E-state index contributed by atoms with van der Waals surface area (Å²) in [7, 11) is 0. The van der Waals surface area contributed by atoms with Crippen LogP contribution >= 0.6 is 0 Å². The van der Waals surface area contributed by atoms with Gasteiger partial charge in [0, 0.05) is 17.1 Å². The Labute approximate surface area is 725 Å². The van der Waals surface area contributed by atoms with Gasteiger partial charge < -0.3 is 4.90 Å². The number of anilines is 3. The summed E-state index contributed by atoms with van der Waals surface area (Å²) in [5, 5.41) is 14.4. The maximum absolute atomic E-state index is 2.46. The van der Waals surface area contributed by atoms with Crippen LogP contribution in [0.15, 0.2) is 437 Å². The molecule has 0 N–H and O–H groups in total. The number of hydrogen-bond acceptors (Lipinski definition) is 1. The molecule has 0 aliphatic heterocycles. The van der Waals surface area contributed by atoms with Crippen molar-refractivity contribution in [3.05, 3.63) is 487 Å². The molecule has 0 aromatic heterocycles. The van der Waals surface area contributed by atoms with Gasteiger partial charge in [-0.25, -0.2) is 0 Å². The average molecular weight is 1580 g/mol. The second-order valence-electron chi connectivity index (χ2n) is 32.7. The van der Waals surface area contributed by atoms with Crippen molar-refractivity contribution in [1.29, 1.82) is 0 Å². The smallest absolute Gasteiger partial charge is 0.0462 e. The van der Waals surface area contributed by atoms with Crippen molar-refractivity contribution >= 4 is 118 Å². The van der Waals surface area contributed by atoms with Gasteiger partial charge in [-0.15, -0.1) is 0 Å². The van der Waals surface area contributed by atoms with E-state index in [1.807, 2.05) is 0 Å². The van der Waals surface area contributed by atoms with Crippen LogP contribution in [0.4, 0.5) is 17.1 Å². The van der Waals surface area contributed by atoms with Crippen LogP contribution in [0.5, 0.6) is 0 Å². The van der Waals surface area contributed by atoms with E-state index in [9.17, 15) is 0 Å². The highest BCUT2D eigenvalue weighted by Crippen LogP contribution is 2.52. The Balaban J connectivity index is 0.718. The van der Waals surface area contributed by atoms with Gasteiger partial charge in [-0.1, -0.05) is 435 Å². The molecule has 21 aromatic carbocycles. The first-order chi connectivity index (χ1) is 61.2. The van der Waals surface area contributed by atoms with E-state index in [4.69, 9.17) is 0 Å². The first-order valence-corrected chi connectivity index (χ1v) is 43.0. The standard InChI is InChI=1S/C123H87N/c1-82-43-52-93(53-44-82)117-81-120(109-76-67-88(100-31-13-16-34-103(100)109)58-49-85-25-7-4-8-26-85)108-39-21-22-40-110(108)121(117)96-65-74-99(75-66-96)124(97-70-61-91(62-71-97)115-79-118(94-54-45-83(2)46-55-94)122(111-41-23-19-37-106(111)115)113-77-68-89(101-32-14-17-35-104(101)113)59-50-86-27-9-5-10-28-86)98-72-63-92(64-73-98)116-80-119(95-56-47-84(3)48-57-95)123(112-42-24-20-38-107(112)116)114-78-69-90(102-33-15-18-36-105(102)114)60-51-87-29-11-6-12-30-87/h4-81H,1-3H3. The Bertz CT molecular complexity index is 7400. The van der Waals surface area contributed by atoms with Crippen LogP contribution in [0.2, 0.25) is 0 Å². The minimum atomic E-state index is 1.03. The normalized spacial score (nSPS) is 11.7. The van der Waals surface area contributed by atoms with E-state index >= 15 is 0 Å². The van der Waals surface area contributed by atoms with Gasteiger partial charge in [-0.2, -0.15) is 0 Å². The monoisotopic (exact) mass is 1580 g/mol. The Morgan fingerprint density at radius 3 is 0.726 bits per heavy atom. The fraction of sp³-hybridized carbons (Fsp3) is 0.0244. The van der Waals surface area contributed by atoms with Crippen molar-refractivity contribution in [2.45, 2.75) is 20.8 Å². The molecule has 21 aromatic rings. The topological polar surface area (TPSA) is 3.24 Å². The van der Waals surface area contributed by atoms with Gasteiger partial charge in [0.05, 0.1) is 0 Å². The Hall–Kier alpha value is -15.8. The summed E-state index contributed by atoms with van der Waals surface area (Å²) in [6.07, 6.45) is 13.4. The summed E-state index contributed by atoms with van der Waals surface area (Å²) in [4.78, 5) is 2.44. The van der Waals surface area contributed by atoms with Crippen LogP contribution in [-0.4, -0.2) is 0 Å². The van der Waals surface area contributed by atoms with E-state index < -0.39 is 0 Å². The molecular formula is C123H87N. The number of hydrogen-bond donors (Lipinski definition) is 0. The highest BCUT2D eigenvalue weighted by molar-refractivity contribution is 6.19. The number of nitrogens with zero attached hydrogens (tertiary/aromatic N) is 1. The van der Waals surface area contributed by atoms with Crippen molar-refractivity contribution in [3.8, 4) is 100 Å². The number of rotatable bonds is 18. The molecule has 0 aliphatic carbocycles. The van der Waals surface area contributed by atoms with Gasteiger partial charge in [-0.05, 0) is 274 Å². The van der Waals surface area contributed by atoms with Crippen LogP contribution in [0, 0.1) is 20.8 Å². The molecule has 0 unspecified atom stereocenters. The second kappa shape index (κ2) is 33.1. The molecule has 1 nitrogen and oxygen atoms in total. The number of fused-ring (bicyclic) bond motifs is 6. The molecule has 0 fully saturated rings. The van der Waals surface area contributed by atoms with Crippen molar-refractivity contribution in [2.24, 2.45) is 0 Å². The maximum Gasteiger partial charge on any atom is 0.0462 e. The third kappa shape index (κ3) is 14.6. The quantitative estimate of drug-likeness (QED) is 0.0774. The molecular weight excluding hydrogens is 1490 g/mol. The predicted octanol–water partition coefficient (Wildman–Crippen LogP) is 34.5. The summed E-state index contributed by atoms with van der Waals surface area (Å²) in [6, 6.07) is 162. The van der Waals surface area contributed by atoms with Crippen molar-refractivity contribution in [2.75, 3.05) is 4.90 Å². The molecule has 0 saturated heterocycles. The molecule has 0 aliphatic rings. The van der Waals surface area contributed by atoms with Crippen LogP contribution in [0.25, 0.3) is 201 Å². The molecule has 584 valence electrons. The highest BCUT2D eigenvalue weighted by atomic mass is 15.1. The third-order valence-corrected chi connectivity index (χ3v) is 25.0. The summed E-state index contributed by atoms with van der Waals surface area (Å²) in [5.41, 5.74) is 35.0. The molecule has 0 amide bonds. The lowest BCUT2D eigenvalue weighted by atomic mass is 9.83. The number of benzene rings is 21. The largest absolute Gasteiger partial charge is 0.311 e. The Morgan fingerprint density at radius 2 is 0.387 bits per heavy atom. The molecule has 1 heteroatoms. The van der Waals surface area contributed by atoms with Gasteiger partial charge in [0.2, 0.25) is 0 Å². The van der Waals surface area contributed by atoms with Gasteiger partial charge in [0.15, 0.2) is 0 Å². The molecule has 0 spiro atoms. The van der Waals surface area contributed by atoms with Crippen molar-refractivity contribution < 1.29 is 0 Å². The Morgan fingerprint density at radius 1 is 0.153 bits per heavy atom. The van der Waals surface area contributed by atoms with E-state index in [2.05, 4.69) is 499 Å². The van der Waals surface area contributed by atoms with Crippen LogP contribution in [0.1, 0.15) is 50.1 Å². The summed E-state index contributed by atoms with van der Waals surface area (Å²) < 4.78 is 0. The lowest BCUT2D eigenvalue weighted by Gasteiger charge is -2.27. The van der Waals surface area contributed by atoms with E-state index in [-0.39, 0.29) is 0 Å². The lowest BCUT2D eigenvalue weighted by molar-refractivity contribution is 1.28. The molecule has 0 bridgehead atoms. The zero-order chi connectivity index (χ0) is 83.0. The lowest BCUT2D eigenvalue weighted by Crippen LogP contribution is -2.10. The predicted molar refractivity (Wildman–Crippen MR) is 535 cm³/mol. The molecule has 0 atom stereocenters. The van der Waals surface area contributed by atoms with Gasteiger partial charge >= 0.3 is 0 Å². The first-order valence-electron chi connectivity index (χ1n) is 43.0. The van der Waals surface area contributed by atoms with Crippen molar-refractivity contribution in [1.82, 2.24) is 0 Å². The fourth-order valence-electron chi connectivity index (χ4n) is 18.7.